The summed E-state index contributed by atoms with van der Waals surface area (Å²) in [5.74, 6) is -2.80. The van der Waals surface area contributed by atoms with Crippen LogP contribution in [0, 0.1) is 17.5 Å². The lowest BCUT2D eigenvalue weighted by Crippen LogP contribution is -2.10. The lowest BCUT2D eigenvalue weighted by molar-refractivity contribution is 0.552. The van der Waals surface area contributed by atoms with Gasteiger partial charge in [0.2, 0.25) is 9.84 Å². The Bertz CT molecular complexity index is 1450. The van der Waals surface area contributed by atoms with E-state index in [2.05, 4.69) is 10.1 Å². The van der Waals surface area contributed by atoms with E-state index in [1.807, 2.05) is 13.8 Å². The van der Waals surface area contributed by atoms with Gasteiger partial charge in [-0.05, 0) is 60.9 Å². The molecule has 34 heavy (non-hydrogen) atoms. The molecule has 5 nitrogen and oxygen atoms in total. The van der Waals surface area contributed by atoms with Gasteiger partial charge in [-0.3, -0.25) is 9.67 Å². The Morgan fingerprint density at radius 1 is 0.941 bits per heavy atom. The lowest BCUT2D eigenvalue weighted by atomic mass is 9.99. The van der Waals surface area contributed by atoms with E-state index in [-0.39, 0.29) is 11.3 Å². The molecule has 0 spiro atoms. The number of benzene rings is 2. The van der Waals surface area contributed by atoms with Crippen molar-refractivity contribution in [2.24, 2.45) is 0 Å². The largest absolute Gasteiger partial charge is 0.272 e. The van der Waals surface area contributed by atoms with Crippen molar-refractivity contribution in [3.8, 4) is 22.4 Å². The van der Waals surface area contributed by atoms with Gasteiger partial charge in [-0.1, -0.05) is 19.4 Å². The normalized spacial score (nSPS) is 11.7. The summed E-state index contributed by atoms with van der Waals surface area (Å²) < 4.78 is 73.0. The third-order valence-corrected chi connectivity index (χ3v) is 7.30. The zero-order valence-corrected chi connectivity index (χ0v) is 19.4. The molecule has 0 aliphatic heterocycles. The summed E-state index contributed by atoms with van der Waals surface area (Å²) in [5.41, 5.74) is 1.29. The van der Waals surface area contributed by atoms with E-state index in [0.29, 0.717) is 42.1 Å². The van der Waals surface area contributed by atoms with E-state index in [1.165, 1.54) is 12.1 Å². The minimum absolute atomic E-state index is 0.0962. The molecule has 176 valence electrons. The smallest absolute Gasteiger partial charge is 0.210 e. The van der Waals surface area contributed by atoms with Crippen LogP contribution < -0.4 is 0 Å². The maximum absolute atomic E-state index is 15.9. The molecule has 2 aromatic heterocycles. The van der Waals surface area contributed by atoms with Gasteiger partial charge in [0, 0.05) is 30.7 Å². The zero-order valence-electron chi connectivity index (χ0n) is 18.6. The van der Waals surface area contributed by atoms with Gasteiger partial charge in [0.25, 0.3) is 0 Å². The van der Waals surface area contributed by atoms with Crippen molar-refractivity contribution in [1.29, 1.82) is 0 Å². The van der Waals surface area contributed by atoms with Crippen molar-refractivity contribution >= 4 is 9.84 Å². The third-order valence-electron chi connectivity index (χ3n) is 5.49. The molecule has 0 unspecified atom stereocenters. The summed E-state index contributed by atoms with van der Waals surface area (Å²) in [5, 5.41) is 4.47. The van der Waals surface area contributed by atoms with Crippen LogP contribution in [0.15, 0.2) is 70.8 Å². The number of halogens is 3. The molecule has 0 saturated heterocycles. The van der Waals surface area contributed by atoms with Gasteiger partial charge in [-0.2, -0.15) is 5.10 Å². The highest BCUT2D eigenvalue weighted by Gasteiger charge is 2.31. The molecule has 0 saturated carbocycles. The summed E-state index contributed by atoms with van der Waals surface area (Å²) >= 11 is 0. The Kier molecular flexibility index (Phi) is 6.56. The monoisotopic (exact) mass is 485 g/mol. The minimum atomic E-state index is -4.64. The average Bonchev–Trinajstić information content (AvgIpc) is 3.26. The number of sulfone groups is 1. The van der Waals surface area contributed by atoms with Gasteiger partial charge < -0.3 is 0 Å². The van der Waals surface area contributed by atoms with E-state index in [9.17, 15) is 17.2 Å². The second kappa shape index (κ2) is 9.42. The number of hydrogen-bond donors (Lipinski definition) is 0. The maximum Gasteiger partial charge on any atom is 0.210 e. The van der Waals surface area contributed by atoms with Crippen LogP contribution in [0.4, 0.5) is 13.2 Å². The highest BCUT2D eigenvalue weighted by Crippen LogP contribution is 2.40. The quantitative estimate of drug-likeness (QED) is 0.330. The van der Waals surface area contributed by atoms with Crippen molar-refractivity contribution < 1.29 is 21.6 Å². The molecule has 0 bridgehead atoms. The average molecular weight is 486 g/mol. The molecule has 2 aromatic carbocycles. The van der Waals surface area contributed by atoms with E-state index >= 15 is 4.39 Å². The number of aryl methyl sites for hydroxylation is 2. The van der Waals surface area contributed by atoms with Gasteiger partial charge in [0.15, 0.2) is 0 Å². The van der Waals surface area contributed by atoms with Crippen LogP contribution in [0.1, 0.15) is 25.8 Å². The second-order valence-electron chi connectivity index (χ2n) is 7.72. The topological polar surface area (TPSA) is 64.8 Å². The Morgan fingerprint density at radius 3 is 2.35 bits per heavy atom. The summed E-state index contributed by atoms with van der Waals surface area (Å²) in [7, 11) is -4.64. The molecule has 0 fully saturated rings. The molecule has 0 amide bonds. The molecule has 2 heterocycles. The fourth-order valence-electron chi connectivity index (χ4n) is 3.82. The first kappa shape index (κ1) is 23.7. The molecule has 0 aliphatic rings. The van der Waals surface area contributed by atoms with Crippen molar-refractivity contribution in [1.82, 2.24) is 14.8 Å². The molecule has 0 aliphatic carbocycles. The Morgan fingerprint density at radius 2 is 1.68 bits per heavy atom. The molecule has 0 atom stereocenters. The first-order valence-electron chi connectivity index (χ1n) is 10.8. The van der Waals surface area contributed by atoms with Crippen LogP contribution in [0.25, 0.3) is 22.4 Å². The number of pyridine rings is 1. The minimum Gasteiger partial charge on any atom is -0.272 e. The van der Waals surface area contributed by atoms with Crippen LogP contribution in [0.3, 0.4) is 0 Å². The van der Waals surface area contributed by atoms with Crippen molar-refractivity contribution in [3.05, 3.63) is 84.1 Å². The molecule has 0 N–H and O–H groups in total. The summed E-state index contributed by atoms with van der Waals surface area (Å²) in [6.45, 7) is 4.17. The fourth-order valence-corrected chi connectivity index (χ4v) is 5.35. The fraction of sp³-hybridized carbons (Fsp3) is 0.200. The molecule has 9 heteroatoms. The van der Waals surface area contributed by atoms with Crippen LogP contribution in [-0.4, -0.2) is 23.2 Å². The third kappa shape index (κ3) is 4.23. The Balaban J connectivity index is 2.07. The number of hydrogen-bond acceptors (Lipinski definition) is 4. The zero-order chi connectivity index (χ0) is 24.5. The molecular weight excluding hydrogens is 463 g/mol. The van der Waals surface area contributed by atoms with Crippen LogP contribution >= 0.6 is 0 Å². The number of aromatic nitrogens is 3. The summed E-state index contributed by atoms with van der Waals surface area (Å²) in [6, 6.07) is 8.17. The predicted octanol–water partition coefficient (Wildman–Crippen LogP) is 5.83. The van der Waals surface area contributed by atoms with E-state index in [1.54, 1.807) is 35.4 Å². The predicted molar refractivity (Wildman–Crippen MR) is 122 cm³/mol. The summed E-state index contributed by atoms with van der Waals surface area (Å²) in [6.07, 6.45) is 5.81. The second-order valence-corrected chi connectivity index (χ2v) is 9.61. The highest BCUT2D eigenvalue weighted by atomic mass is 32.2. The maximum atomic E-state index is 15.9. The van der Waals surface area contributed by atoms with Crippen LogP contribution in [0.5, 0.6) is 0 Å². The standard InChI is InChI=1S/C25H22F3N3O2S/c1-3-5-17-6-9-21(34(32,33)22-14-18(26)7-8-20(22)27)23(24(17)28)25-19(15-31(4-2)30-25)16-10-12-29-13-11-16/h6-15H,3-5H2,1-2H3. The van der Waals surface area contributed by atoms with Crippen LogP contribution in [0.2, 0.25) is 0 Å². The van der Waals surface area contributed by atoms with Gasteiger partial charge in [-0.15, -0.1) is 0 Å². The molecule has 0 radical (unpaired) electrons. The van der Waals surface area contributed by atoms with Gasteiger partial charge in [-0.25, -0.2) is 21.6 Å². The van der Waals surface area contributed by atoms with Crippen LogP contribution in [-0.2, 0) is 22.8 Å². The highest BCUT2D eigenvalue weighted by molar-refractivity contribution is 7.91. The van der Waals surface area contributed by atoms with Crippen molar-refractivity contribution in [3.63, 3.8) is 0 Å². The van der Waals surface area contributed by atoms with E-state index < -0.39 is 37.1 Å². The first-order chi connectivity index (χ1) is 16.3. The van der Waals surface area contributed by atoms with E-state index in [0.717, 1.165) is 12.1 Å². The van der Waals surface area contributed by atoms with Gasteiger partial charge in [0.05, 0.1) is 10.5 Å². The molecule has 4 aromatic rings. The Labute approximate surface area is 195 Å². The van der Waals surface area contributed by atoms with Gasteiger partial charge >= 0.3 is 0 Å². The summed E-state index contributed by atoms with van der Waals surface area (Å²) in [4.78, 5) is 2.65. The lowest BCUT2D eigenvalue weighted by Gasteiger charge is -2.15. The number of rotatable bonds is 7. The molecular formula is C25H22F3N3O2S. The first-order valence-corrected chi connectivity index (χ1v) is 12.3. The van der Waals surface area contributed by atoms with Crippen molar-refractivity contribution in [2.45, 2.75) is 43.0 Å². The number of nitrogens with zero attached hydrogens (tertiary/aromatic N) is 3. The SMILES string of the molecule is CCCc1ccc(S(=O)(=O)c2cc(F)ccc2F)c(-c2nn(CC)cc2-c2ccncc2)c1F. The Hall–Kier alpha value is -3.46. The van der Waals surface area contributed by atoms with Crippen molar-refractivity contribution in [2.75, 3.05) is 0 Å². The molecule has 4 rings (SSSR count). The van der Waals surface area contributed by atoms with E-state index in [4.69, 9.17) is 0 Å². The van der Waals surface area contributed by atoms with Gasteiger partial charge in [0.1, 0.15) is 28.0 Å².